The Bertz CT molecular complexity index is 1330. The predicted octanol–water partition coefficient (Wildman–Crippen LogP) is 4.42. The SMILES string of the molecule is COc1cc2c(cc1OC)-c1c(c(C(=O)Nc3ncccc3C)nn1-c1ccccc1)C2. The van der Waals surface area contributed by atoms with E-state index in [9.17, 15) is 4.79 Å². The number of nitrogens with zero attached hydrogens (tertiary/aromatic N) is 3. The maximum absolute atomic E-state index is 13.3. The summed E-state index contributed by atoms with van der Waals surface area (Å²) in [5.74, 6) is 1.53. The van der Waals surface area contributed by atoms with Crippen molar-refractivity contribution in [2.75, 3.05) is 19.5 Å². The third kappa shape index (κ3) is 3.19. The van der Waals surface area contributed by atoms with Gasteiger partial charge in [0.2, 0.25) is 0 Å². The summed E-state index contributed by atoms with van der Waals surface area (Å²) >= 11 is 0. The van der Waals surface area contributed by atoms with Crippen molar-refractivity contribution in [2.45, 2.75) is 13.3 Å². The van der Waals surface area contributed by atoms with Crippen LogP contribution in [0.4, 0.5) is 5.82 Å². The van der Waals surface area contributed by atoms with Gasteiger partial charge in [0.05, 0.1) is 25.6 Å². The highest BCUT2D eigenvalue weighted by Crippen LogP contribution is 2.44. The van der Waals surface area contributed by atoms with Crippen molar-refractivity contribution < 1.29 is 14.3 Å². The summed E-state index contributed by atoms with van der Waals surface area (Å²) in [6.07, 6.45) is 2.23. The van der Waals surface area contributed by atoms with Gasteiger partial charge in [-0.2, -0.15) is 5.10 Å². The van der Waals surface area contributed by atoms with Crippen molar-refractivity contribution in [1.82, 2.24) is 14.8 Å². The minimum Gasteiger partial charge on any atom is -0.493 e. The van der Waals surface area contributed by atoms with E-state index in [1.54, 1.807) is 20.4 Å². The molecule has 0 spiro atoms. The van der Waals surface area contributed by atoms with Gasteiger partial charge in [0, 0.05) is 23.7 Å². The summed E-state index contributed by atoms with van der Waals surface area (Å²) in [5, 5.41) is 7.65. The van der Waals surface area contributed by atoms with Crippen molar-refractivity contribution in [3.8, 4) is 28.4 Å². The van der Waals surface area contributed by atoms with E-state index in [0.717, 1.165) is 33.6 Å². The second kappa shape index (κ2) is 7.85. The Balaban J connectivity index is 1.66. The van der Waals surface area contributed by atoms with Gasteiger partial charge in [0.1, 0.15) is 5.82 Å². The molecule has 0 saturated carbocycles. The minimum atomic E-state index is -0.288. The molecule has 4 aromatic rings. The van der Waals surface area contributed by atoms with Crippen LogP contribution in [0.15, 0.2) is 60.8 Å². The van der Waals surface area contributed by atoms with Crippen LogP contribution in [0.5, 0.6) is 11.5 Å². The molecular formula is C25H22N4O3. The number of carbonyl (C=O) groups is 1. The Morgan fingerprint density at radius 3 is 2.50 bits per heavy atom. The molecule has 5 rings (SSSR count). The van der Waals surface area contributed by atoms with Gasteiger partial charge >= 0.3 is 0 Å². The van der Waals surface area contributed by atoms with Crippen LogP contribution in [0.2, 0.25) is 0 Å². The first-order chi connectivity index (χ1) is 15.6. The smallest absolute Gasteiger partial charge is 0.277 e. The van der Waals surface area contributed by atoms with Crippen LogP contribution < -0.4 is 14.8 Å². The Morgan fingerprint density at radius 1 is 1.03 bits per heavy atom. The summed E-state index contributed by atoms with van der Waals surface area (Å²) in [6.45, 7) is 1.91. The molecule has 0 aliphatic heterocycles. The zero-order valence-electron chi connectivity index (χ0n) is 18.0. The van der Waals surface area contributed by atoms with E-state index in [-0.39, 0.29) is 5.91 Å². The van der Waals surface area contributed by atoms with Crippen molar-refractivity contribution >= 4 is 11.7 Å². The van der Waals surface area contributed by atoms with Crippen LogP contribution in [0.25, 0.3) is 16.9 Å². The van der Waals surface area contributed by atoms with Gasteiger partial charge in [-0.15, -0.1) is 0 Å². The Morgan fingerprint density at radius 2 is 1.78 bits per heavy atom. The molecule has 7 heteroatoms. The molecule has 0 bridgehead atoms. The molecule has 0 saturated heterocycles. The fourth-order valence-electron chi connectivity index (χ4n) is 4.09. The molecule has 2 aromatic carbocycles. The number of aryl methyl sites for hydroxylation is 1. The van der Waals surface area contributed by atoms with Gasteiger partial charge in [0.25, 0.3) is 5.91 Å². The number of benzene rings is 2. The molecule has 1 aliphatic carbocycles. The summed E-state index contributed by atoms with van der Waals surface area (Å²) in [6, 6.07) is 17.4. The number of pyridine rings is 1. The third-order valence-electron chi connectivity index (χ3n) is 5.67. The Labute approximate surface area is 185 Å². The quantitative estimate of drug-likeness (QED) is 0.450. The van der Waals surface area contributed by atoms with Gasteiger partial charge in [-0.25, -0.2) is 9.67 Å². The number of hydrogen-bond donors (Lipinski definition) is 1. The van der Waals surface area contributed by atoms with Crippen LogP contribution in [-0.4, -0.2) is 34.9 Å². The van der Waals surface area contributed by atoms with E-state index in [1.807, 2.05) is 66.2 Å². The monoisotopic (exact) mass is 426 g/mol. The summed E-state index contributed by atoms with van der Waals surface area (Å²) in [5.41, 5.74) is 5.92. The normalized spacial score (nSPS) is 11.6. The first-order valence-electron chi connectivity index (χ1n) is 10.3. The number of aromatic nitrogens is 3. The lowest BCUT2D eigenvalue weighted by Gasteiger charge is -2.12. The predicted molar refractivity (Wildman–Crippen MR) is 122 cm³/mol. The number of methoxy groups -OCH3 is 2. The lowest BCUT2D eigenvalue weighted by atomic mass is 10.1. The zero-order chi connectivity index (χ0) is 22.2. The number of carbonyl (C=O) groups excluding carboxylic acids is 1. The topological polar surface area (TPSA) is 78.3 Å². The fraction of sp³-hybridized carbons (Fsp3) is 0.160. The summed E-state index contributed by atoms with van der Waals surface area (Å²) < 4.78 is 12.8. The summed E-state index contributed by atoms with van der Waals surface area (Å²) in [7, 11) is 3.23. The average Bonchev–Trinajstić information content (AvgIpc) is 3.37. The fourth-order valence-corrected chi connectivity index (χ4v) is 4.09. The van der Waals surface area contributed by atoms with Crippen LogP contribution >= 0.6 is 0 Å². The number of nitrogens with one attached hydrogen (secondary N) is 1. The standard InChI is InChI=1S/C25H22N4O3/c1-15-8-7-11-26-24(15)27-25(30)22-19-12-16-13-20(31-2)21(32-3)14-18(16)23(19)29(28-22)17-9-5-4-6-10-17/h4-11,13-14H,12H2,1-3H3,(H,26,27,30). The average molecular weight is 426 g/mol. The highest BCUT2D eigenvalue weighted by molar-refractivity contribution is 6.05. The Kier molecular flexibility index (Phi) is 4.86. The number of fused-ring (bicyclic) bond motifs is 3. The van der Waals surface area contributed by atoms with Crippen LogP contribution in [0, 0.1) is 6.92 Å². The van der Waals surface area contributed by atoms with E-state index < -0.39 is 0 Å². The van der Waals surface area contributed by atoms with Gasteiger partial charge in [-0.1, -0.05) is 24.3 Å². The molecule has 160 valence electrons. The van der Waals surface area contributed by atoms with Gasteiger partial charge in [-0.05, 0) is 48.4 Å². The maximum atomic E-state index is 13.3. The molecule has 7 nitrogen and oxygen atoms in total. The van der Waals surface area contributed by atoms with E-state index in [0.29, 0.717) is 29.4 Å². The van der Waals surface area contributed by atoms with Gasteiger partial charge < -0.3 is 14.8 Å². The van der Waals surface area contributed by atoms with Crippen LogP contribution in [-0.2, 0) is 6.42 Å². The van der Waals surface area contributed by atoms with E-state index in [2.05, 4.69) is 10.3 Å². The highest BCUT2D eigenvalue weighted by atomic mass is 16.5. The number of amides is 1. The lowest BCUT2D eigenvalue weighted by molar-refractivity contribution is 0.102. The Hall–Kier alpha value is -4.13. The second-order valence-corrected chi connectivity index (χ2v) is 7.59. The number of rotatable bonds is 5. The largest absolute Gasteiger partial charge is 0.493 e. The molecule has 0 atom stereocenters. The summed E-state index contributed by atoms with van der Waals surface area (Å²) in [4.78, 5) is 17.6. The van der Waals surface area contributed by atoms with Crippen LogP contribution in [0.1, 0.15) is 27.2 Å². The molecule has 1 amide bonds. The molecule has 2 aromatic heterocycles. The van der Waals surface area contributed by atoms with Gasteiger partial charge in [-0.3, -0.25) is 4.79 Å². The zero-order valence-corrected chi connectivity index (χ0v) is 18.0. The van der Waals surface area contributed by atoms with Crippen molar-refractivity contribution in [1.29, 1.82) is 0 Å². The van der Waals surface area contributed by atoms with E-state index >= 15 is 0 Å². The lowest BCUT2D eigenvalue weighted by Crippen LogP contribution is -2.16. The molecule has 1 N–H and O–H groups in total. The highest BCUT2D eigenvalue weighted by Gasteiger charge is 2.32. The third-order valence-corrected chi connectivity index (χ3v) is 5.67. The van der Waals surface area contributed by atoms with E-state index in [4.69, 9.17) is 14.6 Å². The number of hydrogen-bond acceptors (Lipinski definition) is 5. The minimum absolute atomic E-state index is 0.288. The number of ether oxygens (including phenoxy) is 2. The first kappa shape index (κ1) is 19.8. The second-order valence-electron chi connectivity index (χ2n) is 7.59. The molecule has 2 heterocycles. The molecular weight excluding hydrogens is 404 g/mol. The van der Waals surface area contributed by atoms with Gasteiger partial charge in [0.15, 0.2) is 17.2 Å². The maximum Gasteiger partial charge on any atom is 0.277 e. The first-order valence-corrected chi connectivity index (χ1v) is 10.3. The number of para-hydroxylation sites is 1. The molecule has 0 unspecified atom stereocenters. The molecule has 1 aliphatic rings. The molecule has 0 fully saturated rings. The van der Waals surface area contributed by atoms with Crippen molar-refractivity contribution in [3.05, 3.63) is 83.2 Å². The number of anilines is 1. The molecule has 0 radical (unpaired) electrons. The van der Waals surface area contributed by atoms with Crippen LogP contribution in [0.3, 0.4) is 0 Å². The van der Waals surface area contributed by atoms with E-state index in [1.165, 1.54) is 0 Å². The van der Waals surface area contributed by atoms with Crippen molar-refractivity contribution in [3.63, 3.8) is 0 Å². The van der Waals surface area contributed by atoms with Crippen molar-refractivity contribution in [2.24, 2.45) is 0 Å². The molecule has 32 heavy (non-hydrogen) atoms.